The average molecular weight is 493 g/mol. The van der Waals surface area contributed by atoms with Gasteiger partial charge in [-0.15, -0.1) is 0 Å². The van der Waals surface area contributed by atoms with Crippen molar-refractivity contribution in [2.75, 3.05) is 4.90 Å². The van der Waals surface area contributed by atoms with E-state index in [4.69, 9.17) is 5.14 Å². The van der Waals surface area contributed by atoms with Crippen molar-refractivity contribution >= 4 is 38.8 Å². The van der Waals surface area contributed by atoms with E-state index in [1.165, 1.54) is 48.5 Å². The van der Waals surface area contributed by atoms with Crippen LogP contribution in [0.1, 0.15) is 22.7 Å². The smallest absolute Gasteiger partial charge is 0.300 e. The highest BCUT2D eigenvalue weighted by atomic mass is 32.2. The molecule has 178 valence electrons. The number of rotatable bonds is 5. The lowest BCUT2D eigenvalue weighted by Crippen LogP contribution is -2.29. The van der Waals surface area contributed by atoms with Crippen LogP contribution in [-0.4, -0.2) is 30.1 Å². The predicted molar refractivity (Wildman–Crippen MR) is 127 cm³/mol. The van der Waals surface area contributed by atoms with Gasteiger partial charge in [0.25, 0.3) is 17.4 Å². The molecule has 1 amide bonds. The van der Waals surface area contributed by atoms with Crippen molar-refractivity contribution in [3.63, 3.8) is 0 Å². The molecular formula is C24H19N3O7S. The maximum absolute atomic E-state index is 13.1. The molecule has 0 spiro atoms. The van der Waals surface area contributed by atoms with Crippen LogP contribution < -0.4 is 10.0 Å². The molecule has 3 aromatic carbocycles. The maximum Gasteiger partial charge on any atom is 0.300 e. The molecule has 0 radical (unpaired) electrons. The van der Waals surface area contributed by atoms with Crippen LogP contribution in [0.5, 0.6) is 0 Å². The minimum atomic E-state index is -3.99. The Labute approximate surface area is 200 Å². The zero-order chi connectivity index (χ0) is 25.5. The number of aliphatic hydroxyl groups excluding tert-OH is 1. The van der Waals surface area contributed by atoms with Gasteiger partial charge in [-0.3, -0.25) is 24.6 Å². The quantitative estimate of drug-likeness (QED) is 0.181. The molecule has 0 bridgehead atoms. The predicted octanol–water partition coefficient (Wildman–Crippen LogP) is 3.18. The zero-order valence-corrected chi connectivity index (χ0v) is 19.1. The number of ketones is 1. The van der Waals surface area contributed by atoms with Crippen LogP contribution in [0.2, 0.25) is 0 Å². The molecule has 0 saturated carbocycles. The maximum atomic E-state index is 13.1. The van der Waals surface area contributed by atoms with Gasteiger partial charge in [-0.05, 0) is 48.9 Å². The molecule has 0 unspecified atom stereocenters. The topological polar surface area (TPSA) is 161 Å². The number of nitro benzene ring substituents is 1. The van der Waals surface area contributed by atoms with E-state index >= 15 is 0 Å². The fourth-order valence-corrected chi connectivity index (χ4v) is 4.37. The summed E-state index contributed by atoms with van der Waals surface area (Å²) in [6, 6.07) is 15.8. The molecule has 1 aliphatic rings. The first-order valence-electron chi connectivity index (χ1n) is 10.2. The molecule has 3 N–H and O–H groups in total. The molecule has 1 atom stereocenters. The first kappa shape index (κ1) is 23.8. The van der Waals surface area contributed by atoms with E-state index in [0.29, 0.717) is 11.1 Å². The lowest BCUT2D eigenvalue weighted by atomic mass is 9.94. The minimum Gasteiger partial charge on any atom is -0.507 e. The van der Waals surface area contributed by atoms with Gasteiger partial charge in [-0.2, -0.15) is 0 Å². The number of anilines is 1. The van der Waals surface area contributed by atoms with E-state index in [1.54, 1.807) is 24.3 Å². The summed E-state index contributed by atoms with van der Waals surface area (Å²) < 4.78 is 23.2. The van der Waals surface area contributed by atoms with Gasteiger partial charge >= 0.3 is 0 Å². The summed E-state index contributed by atoms with van der Waals surface area (Å²) >= 11 is 0. The summed E-state index contributed by atoms with van der Waals surface area (Å²) in [5.41, 5.74) is 1.34. The van der Waals surface area contributed by atoms with E-state index in [2.05, 4.69) is 0 Å². The normalized spacial score (nSPS) is 17.5. The van der Waals surface area contributed by atoms with Crippen LogP contribution >= 0.6 is 0 Å². The summed E-state index contributed by atoms with van der Waals surface area (Å²) in [6.07, 6.45) is 0. The van der Waals surface area contributed by atoms with Gasteiger partial charge in [-0.1, -0.05) is 29.8 Å². The molecule has 1 aliphatic heterocycles. The Morgan fingerprint density at radius 2 is 1.54 bits per heavy atom. The lowest BCUT2D eigenvalue weighted by molar-refractivity contribution is -0.384. The van der Waals surface area contributed by atoms with Crippen molar-refractivity contribution in [1.29, 1.82) is 0 Å². The molecule has 1 saturated heterocycles. The highest BCUT2D eigenvalue weighted by molar-refractivity contribution is 7.89. The van der Waals surface area contributed by atoms with Crippen LogP contribution in [0.3, 0.4) is 0 Å². The highest BCUT2D eigenvalue weighted by Gasteiger charge is 2.47. The summed E-state index contributed by atoms with van der Waals surface area (Å²) in [5.74, 6) is -2.32. The Morgan fingerprint density at radius 1 is 0.971 bits per heavy atom. The number of sulfonamides is 1. The van der Waals surface area contributed by atoms with Gasteiger partial charge < -0.3 is 5.11 Å². The van der Waals surface area contributed by atoms with Crippen molar-refractivity contribution in [2.45, 2.75) is 17.9 Å². The number of amides is 1. The number of nitro groups is 1. The SMILES string of the molecule is Cc1ccc(/C(O)=C2\C(=O)C(=O)N(c3ccc(S(N)(=O)=O)cc3)[C@H]2c2ccc([N+](=O)[O-])cc2)cc1. The minimum absolute atomic E-state index is 0.172. The average Bonchev–Trinajstić information content (AvgIpc) is 3.09. The number of hydrogen-bond donors (Lipinski definition) is 2. The Balaban J connectivity index is 1.92. The van der Waals surface area contributed by atoms with Gasteiger partial charge in [0, 0.05) is 23.4 Å². The third-order valence-corrected chi connectivity index (χ3v) is 6.56. The number of benzene rings is 3. The van der Waals surface area contributed by atoms with Crippen molar-refractivity contribution in [3.05, 3.63) is 105 Å². The zero-order valence-electron chi connectivity index (χ0n) is 18.3. The molecule has 0 aliphatic carbocycles. The second-order valence-corrected chi connectivity index (χ2v) is 9.48. The monoisotopic (exact) mass is 493 g/mol. The van der Waals surface area contributed by atoms with E-state index < -0.39 is 38.4 Å². The highest BCUT2D eigenvalue weighted by Crippen LogP contribution is 2.42. The number of aliphatic hydroxyl groups is 1. The Kier molecular flexibility index (Phi) is 5.97. The molecule has 3 aromatic rings. The first-order chi connectivity index (χ1) is 16.5. The van der Waals surface area contributed by atoms with Gasteiger partial charge in [0.1, 0.15) is 5.76 Å². The third kappa shape index (κ3) is 4.42. The van der Waals surface area contributed by atoms with E-state index in [9.17, 15) is 33.2 Å². The van der Waals surface area contributed by atoms with E-state index in [-0.39, 0.29) is 21.8 Å². The van der Waals surface area contributed by atoms with Crippen molar-refractivity contribution < 1.29 is 28.0 Å². The Hall–Kier alpha value is -4.35. The fourth-order valence-electron chi connectivity index (χ4n) is 3.86. The molecule has 35 heavy (non-hydrogen) atoms. The molecule has 1 heterocycles. The van der Waals surface area contributed by atoms with Crippen LogP contribution in [0.4, 0.5) is 11.4 Å². The van der Waals surface area contributed by atoms with Crippen LogP contribution in [-0.2, 0) is 19.6 Å². The molecular weight excluding hydrogens is 474 g/mol. The number of primary sulfonamides is 1. The molecule has 10 nitrogen and oxygen atoms in total. The second-order valence-electron chi connectivity index (χ2n) is 7.92. The number of carbonyl (C=O) groups excluding carboxylic acids is 2. The van der Waals surface area contributed by atoms with Crippen molar-refractivity contribution in [3.8, 4) is 0 Å². The van der Waals surface area contributed by atoms with Crippen molar-refractivity contribution in [2.24, 2.45) is 5.14 Å². The van der Waals surface area contributed by atoms with Crippen molar-refractivity contribution in [1.82, 2.24) is 0 Å². The van der Waals surface area contributed by atoms with Crippen LogP contribution in [0.15, 0.2) is 83.3 Å². The van der Waals surface area contributed by atoms with Gasteiger partial charge in [0.2, 0.25) is 10.0 Å². The lowest BCUT2D eigenvalue weighted by Gasteiger charge is -2.25. The molecule has 11 heteroatoms. The summed E-state index contributed by atoms with van der Waals surface area (Å²) in [6.45, 7) is 1.85. The summed E-state index contributed by atoms with van der Waals surface area (Å²) in [4.78, 5) is 37.7. The summed E-state index contributed by atoms with van der Waals surface area (Å²) in [5, 5.41) is 27.3. The second kappa shape index (κ2) is 8.78. The first-order valence-corrected chi connectivity index (χ1v) is 11.8. The number of nitrogens with two attached hydrogens (primary N) is 1. The van der Waals surface area contributed by atoms with E-state index in [0.717, 1.165) is 10.5 Å². The van der Waals surface area contributed by atoms with Gasteiger partial charge in [-0.25, -0.2) is 13.6 Å². The summed E-state index contributed by atoms with van der Waals surface area (Å²) in [7, 11) is -3.99. The number of nitrogens with zero attached hydrogens (tertiary/aromatic N) is 2. The molecule has 0 aromatic heterocycles. The Morgan fingerprint density at radius 3 is 2.06 bits per heavy atom. The number of non-ortho nitro benzene ring substituents is 1. The largest absolute Gasteiger partial charge is 0.507 e. The van der Waals surface area contributed by atoms with Gasteiger partial charge in [0.05, 0.1) is 21.4 Å². The molecule has 1 fully saturated rings. The number of carbonyl (C=O) groups is 2. The Bertz CT molecular complexity index is 1480. The van der Waals surface area contributed by atoms with Crippen LogP contribution in [0, 0.1) is 17.0 Å². The number of Topliss-reactive ketones (excluding diaryl/α,β-unsaturated/α-hetero) is 1. The number of hydrogen-bond acceptors (Lipinski definition) is 7. The molecule has 4 rings (SSSR count). The fraction of sp³-hybridized carbons (Fsp3) is 0.0833. The van der Waals surface area contributed by atoms with E-state index in [1.807, 2.05) is 6.92 Å². The standard InChI is InChI=1S/C24H19N3O7S/c1-14-2-4-16(5-3-14)22(28)20-21(15-6-8-18(9-7-15)27(31)32)26(24(30)23(20)29)17-10-12-19(13-11-17)35(25,33)34/h2-13,21,28H,1H3,(H2,25,33,34)/b22-20+/t21-/m0/s1. The van der Waals surface area contributed by atoms with Gasteiger partial charge in [0.15, 0.2) is 0 Å². The third-order valence-electron chi connectivity index (χ3n) is 5.63. The number of aryl methyl sites for hydroxylation is 1. The van der Waals surface area contributed by atoms with Crippen LogP contribution in [0.25, 0.3) is 5.76 Å².